The molecule has 1 heterocycles. The number of carbonyl (C=O) groups is 1. The van der Waals surface area contributed by atoms with Crippen LogP contribution < -0.4 is 4.90 Å². The van der Waals surface area contributed by atoms with Crippen molar-refractivity contribution in [2.45, 2.75) is 26.4 Å². The van der Waals surface area contributed by atoms with Crippen LogP contribution in [0.3, 0.4) is 0 Å². The molecule has 1 aromatic carbocycles. The first kappa shape index (κ1) is 13.9. The first-order valence-corrected chi connectivity index (χ1v) is 6.28. The van der Waals surface area contributed by atoms with Gasteiger partial charge in [0.25, 0.3) is 0 Å². The van der Waals surface area contributed by atoms with Crippen LogP contribution in [0.5, 0.6) is 0 Å². The quantitative estimate of drug-likeness (QED) is 0.816. The molecule has 1 aromatic rings. The summed E-state index contributed by atoms with van der Waals surface area (Å²) in [5, 5.41) is 0. The lowest BCUT2D eigenvalue weighted by atomic mass is 9.97. The number of ketones is 1. The van der Waals surface area contributed by atoms with Crippen molar-refractivity contribution in [2.24, 2.45) is 5.92 Å². The highest BCUT2D eigenvalue weighted by atomic mass is 19.4. The molecule has 0 unspecified atom stereocenters. The minimum atomic E-state index is -4.41. The zero-order valence-corrected chi connectivity index (χ0v) is 10.9. The number of nitrogens with zero attached hydrogens (tertiary/aromatic N) is 1. The number of hydrogen-bond donors (Lipinski definition) is 0. The van der Waals surface area contributed by atoms with Gasteiger partial charge in [-0.2, -0.15) is 13.2 Å². The molecule has 2 nitrogen and oxygen atoms in total. The van der Waals surface area contributed by atoms with Gasteiger partial charge in [0.05, 0.1) is 5.56 Å². The van der Waals surface area contributed by atoms with Crippen LogP contribution in [0.2, 0.25) is 0 Å². The SMILES string of the molecule is CC(C)CN1CCC(=O)c2cc(C(F)(F)F)ccc21. The van der Waals surface area contributed by atoms with E-state index in [-0.39, 0.29) is 17.8 Å². The minimum absolute atomic E-state index is 0.196. The topological polar surface area (TPSA) is 20.3 Å². The molecule has 0 radical (unpaired) electrons. The third-order valence-electron chi connectivity index (χ3n) is 3.16. The van der Waals surface area contributed by atoms with Gasteiger partial charge in [0.1, 0.15) is 0 Å². The number of alkyl halides is 3. The van der Waals surface area contributed by atoms with Crippen molar-refractivity contribution in [2.75, 3.05) is 18.0 Å². The van der Waals surface area contributed by atoms with Crippen LogP contribution in [-0.4, -0.2) is 18.9 Å². The van der Waals surface area contributed by atoms with Gasteiger partial charge in [0, 0.05) is 30.8 Å². The van der Waals surface area contributed by atoms with Crippen LogP contribution in [0, 0.1) is 5.92 Å². The average Bonchev–Trinajstić information content (AvgIpc) is 2.31. The van der Waals surface area contributed by atoms with Gasteiger partial charge < -0.3 is 4.90 Å². The Morgan fingerprint density at radius 1 is 1.32 bits per heavy atom. The number of benzene rings is 1. The van der Waals surface area contributed by atoms with Crippen LogP contribution >= 0.6 is 0 Å². The van der Waals surface area contributed by atoms with Crippen molar-refractivity contribution in [3.8, 4) is 0 Å². The van der Waals surface area contributed by atoms with E-state index in [1.165, 1.54) is 6.07 Å². The summed E-state index contributed by atoms with van der Waals surface area (Å²) < 4.78 is 38.0. The Bertz CT molecular complexity index is 494. The second-order valence-electron chi connectivity index (χ2n) is 5.24. The highest BCUT2D eigenvalue weighted by Gasteiger charge is 2.33. The molecule has 0 atom stereocenters. The minimum Gasteiger partial charge on any atom is -0.370 e. The number of anilines is 1. The molecular formula is C14H16F3NO. The Balaban J connectivity index is 2.41. The molecule has 2 rings (SSSR count). The molecule has 1 aliphatic heterocycles. The third kappa shape index (κ3) is 2.91. The van der Waals surface area contributed by atoms with Crippen LogP contribution in [0.1, 0.15) is 36.2 Å². The zero-order chi connectivity index (χ0) is 14.2. The normalized spacial score (nSPS) is 15.9. The van der Waals surface area contributed by atoms with Gasteiger partial charge in [0.15, 0.2) is 5.78 Å². The van der Waals surface area contributed by atoms with Gasteiger partial charge in [0.2, 0.25) is 0 Å². The summed E-state index contributed by atoms with van der Waals surface area (Å²) in [6.45, 7) is 5.40. The summed E-state index contributed by atoms with van der Waals surface area (Å²) in [6, 6.07) is 3.44. The third-order valence-corrected chi connectivity index (χ3v) is 3.16. The maximum absolute atomic E-state index is 12.7. The first-order chi connectivity index (χ1) is 8.79. The number of fused-ring (bicyclic) bond motifs is 1. The van der Waals surface area contributed by atoms with E-state index in [0.717, 1.165) is 18.7 Å². The number of rotatable bonds is 2. The predicted octanol–water partition coefficient (Wildman–Crippen LogP) is 3.75. The molecule has 0 aliphatic carbocycles. The van der Waals surface area contributed by atoms with Crippen LogP contribution in [0.15, 0.2) is 18.2 Å². The second-order valence-corrected chi connectivity index (χ2v) is 5.24. The van der Waals surface area contributed by atoms with Crippen molar-refractivity contribution in [3.05, 3.63) is 29.3 Å². The van der Waals surface area contributed by atoms with Gasteiger partial charge >= 0.3 is 6.18 Å². The predicted molar refractivity (Wildman–Crippen MR) is 67.4 cm³/mol. The molecular weight excluding hydrogens is 255 g/mol. The standard InChI is InChI=1S/C14H16F3NO/c1-9(2)8-18-6-5-13(19)11-7-10(14(15,16)17)3-4-12(11)18/h3-4,7,9H,5-6,8H2,1-2H3. The summed E-state index contributed by atoms with van der Waals surface area (Å²) in [4.78, 5) is 13.8. The molecule has 0 saturated heterocycles. The molecule has 104 valence electrons. The Hall–Kier alpha value is -1.52. The average molecular weight is 271 g/mol. The monoisotopic (exact) mass is 271 g/mol. The van der Waals surface area contributed by atoms with Gasteiger partial charge in [-0.05, 0) is 24.1 Å². The molecule has 0 saturated carbocycles. The van der Waals surface area contributed by atoms with Gasteiger partial charge in [-0.1, -0.05) is 13.8 Å². The fraction of sp³-hybridized carbons (Fsp3) is 0.500. The summed E-state index contributed by atoms with van der Waals surface area (Å²) >= 11 is 0. The molecule has 0 fully saturated rings. The lowest BCUT2D eigenvalue weighted by molar-refractivity contribution is -0.137. The molecule has 0 amide bonds. The van der Waals surface area contributed by atoms with E-state index in [2.05, 4.69) is 0 Å². The van der Waals surface area contributed by atoms with E-state index in [9.17, 15) is 18.0 Å². The van der Waals surface area contributed by atoms with Crippen LogP contribution in [0.4, 0.5) is 18.9 Å². The number of carbonyl (C=O) groups excluding carboxylic acids is 1. The summed E-state index contributed by atoms with van der Waals surface area (Å²) in [6.07, 6.45) is -4.13. The van der Waals surface area contributed by atoms with Crippen LogP contribution in [-0.2, 0) is 6.18 Å². The lowest BCUT2D eigenvalue weighted by Gasteiger charge is -2.32. The molecule has 0 N–H and O–H groups in total. The van der Waals surface area contributed by atoms with E-state index in [1.807, 2.05) is 18.7 Å². The molecule has 0 bridgehead atoms. The fourth-order valence-corrected chi connectivity index (χ4v) is 2.33. The first-order valence-electron chi connectivity index (χ1n) is 6.28. The fourth-order valence-electron chi connectivity index (χ4n) is 2.33. The van der Waals surface area contributed by atoms with E-state index < -0.39 is 11.7 Å². The van der Waals surface area contributed by atoms with Gasteiger partial charge in [-0.3, -0.25) is 4.79 Å². The zero-order valence-electron chi connectivity index (χ0n) is 10.9. The molecule has 1 aliphatic rings. The second kappa shape index (κ2) is 4.87. The van der Waals surface area contributed by atoms with Crippen molar-refractivity contribution >= 4 is 11.5 Å². The van der Waals surface area contributed by atoms with E-state index in [1.54, 1.807) is 0 Å². The molecule has 19 heavy (non-hydrogen) atoms. The maximum Gasteiger partial charge on any atom is 0.416 e. The number of halogens is 3. The smallest absolute Gasteiger partial charge is 0.370 e. The maximum atomic E-state index is 12.7. The number of hydrogen-bond acceptors (Lipinski definition) is 2. The lowest BCUT2D eigenvalue weighted by Crippen LogP contribution is -2.35. The van der Waals surface area contributed by atoms with Gasteiger partial charge in [-0.25, -0.2) is 0 Å². The summed E-state index contributed by atoms with van der Waals surface area (Å²) in [7, 11) is 0. The molecule has 0 spiro atoms. The van der Waals surface area contributed by atoms with Crippen molar-refractivity contribution in [1.82, 2.24) is 0 Å². The molecule has 0 aromatic heterocycles. The van der Waals surface area contributed by atoms with Gasteiger partial charge in [-0.15, -0.1) is 0 Å². The highest BCUT2D eigenvalue weighted by Crippen LogP contribution is 2.35. The Labute approximate surface area is 110 Å². The van der Waals surface area contributed by atoms with E-state index in [0.29, 0.717) is 18.2 Å². The highest BCUT2D eigenvalue weighted by molar-refractivity contribution is 6.03. The largest absolute Gasteiger partial charge is 0.416 e. The number of Topliss-reactive ketones (excluding diaryl/α,β-unsaturated/α-hetero) is 1. The Morgan fingerprint density at radius 2 is 2.00 bits per heavy atom. The summed E-state index contributed by atoms with van der Waals surface area (Å²) in [5.74, 6) is 0.185. The molecule has 5 heteroatoms. The van der Waals surface area contributed by atoms with Crippen molar-refractivity contribution in [3.63, 3.8) is 0 Å². The van der Waals surface area contributed by atoms with Crippen LogP contribution in [0.25, 0.3) is 0 Å². The Kier molecular flexibility index (Phi) is 3.56. The Morgan fingerprint density at radius 3 is 2.58 bits per heavy atom. The van der Waals surface area contributed by atoms with Crippen molar-refractivity contribution in [1.29, 1.82) is 0 Å². The van der Waals surface area contributed by atoms with E-state index in [4.69, 9.17) is 0 Å². The van der Waals surface area contributed by atoms with E-state index >= 15 is 0 Å². The van der Waals surface area contributed by atoms with Crippen molar-refractivity contribution < 1.29 is 18.0 Å². The summed E-state index contributed by atoms with van der Waals surface area (Å²) in [5.41, 5.74) is 0.0608.